The van der Waals surface area contributed by atoms with Gasteiger partial charge in [-0.1, -0.05) is 38.3 Å². The van der Waals surface area contributed by atoms with Crippen LogP contribution in [0, 0.1) is 5.41 Å². The summed E-state index contributed by atoms with van der Waals surface area (Å²) in [4.78, 5) is 4.55. The lowest BCUT2D eigenvalue weighted by Crippen LogP contribution is -2.43. The molecule has 0 aliphatic heterocycles. The maximum Gasteiger partial charge on any atom is 0.228 e. The van der Waals surface area contributed by atoms with E-state index < -0.39 is 0 Å². The molecule has 0 aromatic carbocycles. The highest BCUT2D eigenvalue weighted by atomic mass is 16.5. The molecular weight excluding hydrogens is 226 g/mol. The summed E-state index contributed by atoms with van der Waals surface area (Å²) < 4.78 is 5.39. The van der Waals surface area contributed by atoms with E-state index >= 15 is 0 Å². The predicted molar refractivity (Wildman–Crippen MR) is 69.1 cm³/mol. The Bertz CT molecular complexity index is 432. The van der Waals surface area contributed by atoms with E-state index in [0.717, 1.165) is 31.0 Å². The van der Waals surface area contributed by atoms with Gasteiger partial charge in [-0.05, 0) is 24.7 Å². The van der Waals surface area contributed by atoms with Crippen molar-refractivity contribution in [1.82, 2.24) is 10.1 Å². The highest BCUT2D eigenvalue weighted by Gasteiger charge is 2.49. The topological polar surface area (TPSA) is 64.9 Å². The molecule has 1 aromatic heterocycles. The molecule has 0 bridgehead atoms. The van der Waals surface area contributed by atoms with E-state index in [1.165, 1.54) is 25.7 Å². The minimum atomic E-state index is -0.110. The van der Waals surface area contributed by atoms with Crippen LogP contribution in [0.1, 0.15) is 70.0 Å². The van der Waals surface area contributed by atoms with Gasteiger partial charge in [0, 0.05) is 17.9 Å². The molecule has 2 aliphatic carbocycles. The minimum absolute atomic E-state index is 0.110. The minimum Gasteiger partial charge on any atom is -0.339 e. The number of aromatic nitrogens is 2. The van der Waals surface area contributed by atoms with Crippen LogP contribution in [-0.4, -0.2) is 15.7 Å². The third kappa shape index (κ3) is 2.30. The van der Waals surface area contributed by atoms with Gasteiger partial charge in [0.15, 0.2) is 5.82 Å². The fourth-order valence-corrected chi connectivity index (χ4v) is 3.12. The van der Waals surface area contributed by atoms with E-state index in [1.54, 1.807) is 0 Å². The van der Waals surface area contributed by atoms with Crippen LogP contribution in [0.4, 0.5) is 0 Å². The van der Waals surface area contributed by atoms with Gasteiger partial charge in [0.1, 0.15) is 0 Å². The summed E-state index contributed by atoms with van der Waals surface area (Å²) >= 11 is 0. The van der Waals surface area contributed by atoms with Crippen molar-refractivity contribution in [2.24, 2.45) is 11.1 Å². The Morgan fingerprint density at radius 3 is 2.56 bits per heavy atom. The molecule has 2 N–H and O–H groups in total. The molecule has 100 valence electrons. The summed E-state index contributed by atoms with van der Waals surface area (Å²) in [6.45, 7) is 4.50. The smallest absolute Gasteiger partial charge is 0.228 e. The number of rotatable bonds is 3. The summed E-state index contributed by atoms with van der Waals surface area (Å²) in [7, 11) is 0. The lowest BCUT2D eigenvalue weighted by atomic mass is 9.80. The number of hydrogen-bond acceptors (Lipinski definition) is 4. The van der Waals surface area contributed by atoms with Crippen LogP contribution in [0.3, 0.4) is 0 Å². The van der Waals surface area contributed by atoms with Gasteiger partial charge >= 0.3 is 0 Å². The average molecular weight is 249 g/mol. The van der Waals surface area contributed by atoms with E-state index in [1.807, 2.05) is 0 Å². The number of hydrogen-bond donors (Lipinski definition) is 1. The Morgan fingerprint density at radius 2 is 1.94 bits per heavy atom. The van der Waals surface area contributed by atoms with Gasteiger partial charge in [0.25, 0.3) is 0 Å². The maximum absolute atomic E-state index is 6.42. The normalized spacial score (nSPS) is 29.2. The third-order valence-corrected chi connectivity index (χ3v) is 4.66. The second-order valence-corrected chi connectivity index (χ2v) is 6.89. The van der Waals surface area contributed by atoms with Crippen molar-refractivity contribution in [3.63, 3.8) is 0 Å². The van der Waals surface area contributed by atoms with Crippen molar-refractivity contribution in [3.05, 3.63) is 11.7 Å². The molecule has 1 atom stereocenters. The van der Waals surface area contributed by atoms with Crippen LogP contribution in [0.15, 0.2) is 4.52 Å². The van der Waals surface area contributed by atoms with E-state index in [-0.39, 0.29) is 5.54 Å². The van der Waals surface area contributed by atoms with Gasteiger partial charge in [0.05, 0.1) is 0 Å². The Balaban J connectivity index is 1.67. The van der Waals surface area contributed by atoms with Gasteiger partial charge in [-0.25, -0.2) is 0 Å². The van der Waals surface area contributed by atoms with Gasteiger partial charge in [-0.2, -0.15) is 4.98 Å². The fourth-order valence-electron chi connectivity index (χ4n) is 3.12. The highest BCUT2D eigenvalue weighted by molar-refractivity contribution is 5.14. The van der Waals surface area contributed by atoms with Gasteiger partial charge in [0.2, 0.25) is 5.89 Å². The second-order valence-electron chi connectivity index (χ2n) is 6.89. The first-order chi connectivity index (χ1) is 8.49. The number of nitrogens with two attached hydrogens (primary N) is 1. The first kappa shape index (κ1) is 12.2. The van der Waals surface area contributed by atoms with Crippen molar-refractivity contribution in [2.45, 2.75) is 70.3 Å². The molecule has 1 aromatic rings. The Labute approximate surface area is 108 Å². The van der Waals surface area contributed by atoms with Crippen molar-refractivity contribution >= 4 is 0 Å². The largest absolute Gasteiger partial charge is 0.339 e. The Morgan fingerprint density at radius 1 is 1.28 bits per heavy atom. The molecule has 3 rings (SSSR count). The summed E-state index contributed by atoms with van der Waals surface area (Å²) in [6, 6.07) is 0. The molecule has 0 saturated heterocycles. The summed E-state index contributed by atoms with van der Waals surface area (Å²) in [5.74, 6) is 2.10. The molecule has 2 fully saturated rings. The Hall–Kier alpha value is -0.900. The van der Waals surface area contributed by atoms with Crippen LogP contribution in [0.25, 0.3) is 0 Å². The molecule has 4 nitrogen and oxygen atoms in total. The van der Waals surface area contributed by atoms with E-state index in [2.05, 4.69) is 24.0 Å². The third-order valence-electron chi connectivity index (χ3n) is 4.66. The maximum atomic E-state index is 6.42. The lowest BCUT2D eigenvalue weighted by Gasteiger charge is -2.31. The molecular formula is C14H23N3O. The molecule has 1 heterocycles. The van der Waals surface area contributed by atoms with Crippen LogP contribution in [0.5, 0.6) is 0 Å². The van der Waals surface area contributed by atoms with E-state index in [4.69, 9.17) is 10.3 Å². The van der Waals surface area contributed by atoms with Gasteiger partial charge < -0.3 is 10.3 Å². The quantitative estimate of drug-likeness (QED) is 0.894. The molecule has 4 heteroatoms. The summed E-state index contributed by atoms with van der Waals surface area (Å²) in [5.41, 5.74) is 6.66. The molecule has 0 radical (unpaired) electrons. The molecule has 2 aliphatic rings. The first-order valence-electron chi connectivity index (χ1n) is 7.10. The second kappa shape index (κ2) is 4.05. The fraction of sp³-hybridized carbons (Fsp3) is 0.857. The predicted octanol–water partition coefficient (Wildman–Crippen LogP) is 2.79. The SMILES string of the molecule is CC1(C)CC1c1noc(CC2(N)CCCCC2)n1. The molecule has 2 saturated carbocycles. The van der Waals surface area contributed by atoms with Crippen molar-refractivity contribution in [2.75, 3.05) is 0 Å². The van der Waals surface area contributed by atoms with Gasteiger partial charge in [-0.15, -0.1) is 0 Å². The average Bonchev–Trinajstić information content (AvgIpc) is 2.72. The van der Waals surface area contributed by atoms with Crippen molar-refractivity contribution < 1.29 is 4.52 Å². The lowest BCUT2D eigenvalue weighted by molar-refractivity contribution is 0.260. The molecule has 0 spiro atoms. The zero-order valence-electron chi connectivity index (χ0n) is 11.4. The highest BCUT2D eigenvalue weighted by Crippen LogP contribution is 2.57. The van der Waals surface area contributed by atoms with E-state index in [9.17, 15) is 0 Å². The molecule has 1 unspecified atom stereocenters. The van der Waals surface area contributed by atoms with Crippen molar-refractivity contribution in [3.8, 4) is 0 Å². The summed E-state index contributed by atoms with van der Waals surface area (Å²) in [6.07, 6.45) is 7.84. The molecule has 18 heavy (non-hydrogen) atoms. The Kier molecular flexibility index (Phi) is 2.73. The van der Waals surface area contributed by atoms with E-state index in [0.29, 0.717) is 11.3 Å². The zero-order chi connectivity index (χ0) is 12.8. The first-order valence-corrected chi connectivity index (χ1v) is 7.10. The zero-order valence-corrected chi connectivity index (χ0v) is 11.4. The number of nitrogens with zero attached hydrogens (tertiary/aromatic N) is 2. The molecule has 0 amide bonds. The van der Waals surface area contributed by atoms with Crippen LogP contribution in [-0.2, 0) is 6.42 Å². The standard InChI is InChI=1S/C14H23N3O/c1-13(2)8-10(13)12-16-11(18-17-12)9-14(15)6-4-3-5-7-14/h10H,3-9,15H2,1-2H3. The van der Waals surface area contributed by atoms with Gasteiger partial charge in [-0.3, -0.25) is 0 Å². The van der Waals surface area contributed by atoms with Crippen LogP contribution >= 0.6 is 0 Å². The van der Waals surface area contributed by atoms with Crippen LogP contribution < -0.4 is 5.73 Å². The monoisotopic (exact) mass is 249 g/mol. The van der Waals surface area contributed by atoms with Crippen LogP contribution in [0.2, 0.25) is 0 Å². The van der Waals surface area contributed by atoms with Crippen molar-refractivity contribution in [1.29, 1.82) is 0 Å². The summed E-state index contributed by atoms with van der Waals surface area (Å²) in [5, 5.41) is 4.13.